The van der Waals surface area contributed by atoms with E-state index in [9.17, 15) is 24.6 Å². The average molecular weight is 452 g/mol. The Morgan fingerprint density at radius 2 is 2.06 bits per heavy atom. The summed E-state index contributed by atoms with van der Waals surface area (Å²) in [5, 5.41) is 21.3. The van der Waals surface area contributed by atoms with E-state index >= 15 is 4.39 Å². The summed E-state index contributed by atoms with van der Waals surface area (Å²) >= 11 is 0. The number of hydrogen-bond acceptors (Lipinski definition) is 6. The number of rotatable bonds is 4. The van der Waals surface area contributed by atoms with Crippen LogP contribution in [0.2, 0.25) is 0 Å². The maximum Gasteiger partial charge on any atom is 0.306 e. The van der Waals surface area contributed by atoms with Crippen LogP contribution in [0.1, 0.15) is 63.8 Å². The molecule has 0 bridgehead atoms. The Morgan fingerprint density at radius 3 is 2.72 bits per heavy atom. The van der Waals surface area contributed by atoms with Gasteiger partial charge in [-0.2, -0.15) is 0 Å². The quantitative estimate of drug-likeness (QED) is 0.638. The molecule has 0 aromatic heterocycles. The lowest BCUT2D eigenvalue weighted by atomic mass is 9.44. The second-order valence-corrected chi connectivity index (χ2v) is 10.4. The predicted molar refractivity (Wildman–Crippen MR) is 114 cm³/mol. The van der Waals surface area contributed by atoms with Crippen LogP contribution in [0.3, 0.4) is 0 Å². The van der Waals surface area contributed by atoms with Crippen LogP contribution in [0.15, 0.2) is 23.8 Å². The van der Waals surface area contributed by atoms with E-state index in [0.717, 1.165) is 0 Å². The lowest BCUT2D eigenvalue weighted by Gasteiger charge is -2.62. The molecule has 0 spiro atoms. The van der Waals surface area contributed by atoms with Crippen molar-refractivity contribution < 1.29 is 37.8 Å². The summed E-state index contributed by atoms with van der Waals surface area (Å²) < 4.78 is 45.2. The molecule has 0 saturated heterocycles. The van der Waals surface area contributed by atoms with Crippen molar-refractivity contribution >= 4 is 17.5 Å². The first-order valence-corrected chi connectivity index (χ1v) is 11.2. The van der Waals surface area contributed by atoms with Crippen LogP contribution in [0.25, 0.3) is 0 Å². The summed E-state index contributed by atoms with van der Waals surface area (Å²) in [5.41, 5.74) is -5.84. The van der Waals surface area contributed by atoms with Crippen LogP contribution >= 0.6 is 0 Å². The Bertz CT molecular complexity index is 1020. The van der Waals surface area contributed by atoms with Crippen LogP contribution < -0.4 is 0 Å². The van der Waals surface area contributed by atoms with E-state index in [1.165, 1.54) is 18.2 Å². The third-order valence-electron chi connectivity index (χ3n) is 9.16. The van der Waals surface area contributed by atoms with Gasteiger partial charge in [-0.05, 0) is 50.7 Å². The van der Waals surface area contributed by atoms with Crippen molar-refractivity contribution in [1.29, 1.82) is 0 Å². The minimum Gasteiger partial charge on any atom is -0.450 e. The first kappa shape index (κ1) is 19.6. The fourth-order valence-electron chi connectivity index (χ4n) is 7.73. The van der Waals surface area contributed by atoms with Crippen LogP contribution in [0, 0.1) is 28.6 Å². The minimum absolute atomic E-state index is 0.224. The molecule has 0 aromatic rings. The number of alkyl halides is 1. The Labute approximate surface area is 192 Å². The van der Waals surface area contributed by atoms with Gasteiger partial charge >= 0.3 is 5.97 Å². The number of hydrogen-bond donors (Lipinski definition) is 2. The molecule has 0 unspecified atom stereocenters. The molecule has 4 rings (SSSR count). The van der Waals surface area contributed by atoms with Gasteiger partial charge in [-0.25, -0.2) is 4.39 Å². The van der Waals surface area contributed by atoms with Gasteiger partial charge in [-0.15, -0.1) is 0 Å². The van der Waals surface area contributed by atoms with Crippen molar-refractivity contribution in [3.8, 4) is 0 Å². The molecule has 0 aliphatic heterocycles. The summed E-state index contributed by atoms with van der Waals surface area (Å²) in [6.45, 7) is 1.48. The zero-order chi connectivity index (χ0) is 26.2. The summed E-state index contributed by atoms with van der Waals surface area (Å²) in [6.07, 6.45) is 2.65. The van der Waals surface area contributed by atoms with Gasteiger partial charge in [0.15, 0.2) is 17.1 Å². The monoisotopic (exact) mass is 451 g/mol. The van der Waals surface area contributed by atoms with Gasteiger partial charge in [0.05, 0.1) is 6.10 Å². The molecule has 3 fully saturated rings. The zero-order valence-corrected chi connectivity index (χ0v) is 18.7. The van der Waals surface area contributed by atoms with E-state index in [0.29, 0.717) is 24.8 Å². The molecule has 7 heteroatoms. The van der Waals surface area contributed by atoms with Crippen LogP contribution in [-0.4, -0.2) is 51.7 Å². The van der Waals surface area contributed by atoms with Gasteiger partial charge in [-0.3, -0.25) is 14.4 Å². The molecule has 0 heterocycles. The molecule has 2 N–H and O–H groups in total. The van der Waals surface area contributed by atoms with Gasteiger partial charge in [0.25, 0.3) is 0 Å². The van der Waals surface area contributed by atoms with Gasteiger partial charge in [-0.1, -0.05) is 32.3 Å². The molecule has 0 amide bonds. The van der Waals surface area contributed by atoms with E-state index in [4.69, 9.17) is 8.85 Å². The smallest absolute Gasteiger partial charge is 0.306 e. The second-order valence-electron chi connectivity index (χ2n) is 10.4. The molecule has 6 nitrogen and oxygen atoms in total. The van der Waals surface area contributed by atoms with Crippen LogP contribution in [-0.2, 0) is 19.1 Å². The van der Waals surface area contributed by atoms with E-state index in [1.807, 2.05) is 0 Å². The first-order valence-electron chi connectivity index (χ1n) is 12.7. The third-order valence-corrected chi connectivity index (χ3v) is 9.16. The summed E-state index contributed by atoms with van der Waals surface area (Å²) in [5.74, 6) is -3.95. The third kappa shape index (κ3) is 2.61. The number of aliphatic hydroxyl groups excluding tert-OH is 2. The fraction of sp³-hybridized carbons (Fsp3) is 0.720. The van der Waals surface area contributed by atoms with E-state index in [-0.39, 0.29) is 12.2 Å². The maximum atomic E-state index is 17.2. The number of carbonyl (C=O) groups is 3. The highest BCUT2D eigenvalue weighted by Crippen LogP contribution is 2.71. The Morgan fingerprint density at radius 1 is 1.34 bits per heavy atom. The van der Waals surface area contributed by atoms with Crippen molar-refractivity contribution in [3.05, 3.63) is 23.8 Å². The number of Topliss-reactive ketones (excluding diaryl/α,β-unsaturated/α-hetero) is 1. The summed E-state index contributed by atoms with van der Waals surface area (Å²) in [4.78, 5) is 38.0. The van der Waals surface area contributed by atoms with Gasteiger partial charge in [0.1, 0.15) is 6.61 Å². The van der Waals surface area contributed by atoms with Gasteiger partial charge in [0, 0.05) is 33.2 Å². The molecular formula is C25H33FO6. The van der Waals surface area contributed by atoms with Crippen molar-refractivity contribution in [2.45, 2.75) is 77.1 Å². The fourth-order valence-corrected chi connectivity index (χ4v) is 7.73. The van der Waals surface area contributed by atoms with E-state index in [1.54, 1.807) is 20.8 Å². The Hall–Kier alpha value is -1.86. The first-order chi connectivity index (χ1) is 16.1. The highest BCUT2D eigenvalue weighted by Gasteiger charge is 2.77. The SMILES string of the molecule is [2H]C([2H])([2H])CC(=O)O[C@]1(C(=O)CO)[C@@H](C)C[C@H]2[C@@H]3CCC4=CC(=O)C=C[C@]4(C)[C@@]3(F)[C@@H](O)C[C@@]21C. The molecule has 4 aliphatic rings. The number of fused-ring (bicyclic) bond motifs is 5. The molecular weight excluding hydrogens is 415 g/mol. The summed E-state index contributed by atoms with van der Waals surface area (Å²) in [6, 6.07) is 0. The number of halogens is 1. The lowest BCUT2D eigenvalue weighted by molar-refractivity contribution is -0.228. The summed E-state index contributed by atoms with van der Waals surface area (Å²) in [7, 11) is 0. The number of allylic oxidation sites excluding steroid dienone is 4. The van der Waals surface area contributed by atoms with Gasteiger partial charge < -0.3 is 14.9 Å². The number of carbonyl (C=O) groups excluding carboxylic acids is 3. The largest absolute Gasteiger partial charge is 0.450 e. The lowest BCUT2D eigenvalue weighted by Crippen LogP contribution is -2.70. The standard InChI is InChI=1S/C25H33FO6/c1-5-21(31)32-25(20(30)13-27)14(2)10-18-17-7-6-15-11-16(28)8-9-22(15,3)24(17,26)19(29)12-23(18,25)4/h8-9,11,14,17-19,27,29H,5-7,10,12-13H2,1-4H3/t14-,17-,18-,19-,22-,23-,24-,25-/m0/s1/i1D3. The topological polar surface area (TPSA) is 101 Å². The van der Waals surface area contributed by atoms with Crippen LogP contribution in [0.5, 0.6) is 0 Å². The maximum absolute atomic E-state index is 17.2. The molecule has 8 atom stereocenters. The highest BCUT2D eigenvalue weighted by molar-refractivity contribution is 6.01. The molecule has 0 aromatic carbocycles. The van der Waals surface area contributed by atoms with Crippen molar-refractivity contribution in [3.63, 3.8) is 0 Å². The molecule has 3 saturated carbocycles. The number of ether oxygens (including phenoxy) is 1. The van der Waals surface area contributed by atoms with Crippen molar-refractivity contribution in [2.75, 3.05) is 6.61 Å². The highest BCUT2D eigenvalue weighted by atomic mass is 19.1. The second kappa shape index (κ2) is 7.32. The number of aliphatic hydroxyl groups is 2. The predicted octanol–water partition coefficient (Wildman–Crippen LogP) is 2.86. The molecule has 4 aliphatic carbocycles. The van der Waals surface area contributed by atoms with Crippen LogP contribution in [0.4, 0.5) is 4.39 Å². The minimum atomic E-state index is -2.62. The Balaban J connectivity index is 1.81. The van der Waals surface area contributed by atoms with Crippen molar-refractivity contribution in [1.82, 2.24) is 0 Å². The van der Waals surface area contributed by atoms with E-state index in [2.05, 4.69) is 0 Å². The van der Waals surface area contributed by atoms with E-state index < -0.39 is 77.6 Å². The molecule has 32 heavy (non-hydrogen) atoms. The molecule has 0 radical (unpaired) electrons. The Kier molecular flexibility index (Phi) is 4.48. The zero-order valence-electron chi connectivity index (χ0n) is 21.7. The number of esters is 1. The average Bonchev–Trinajstić information content (AvgIpc) is 2.95. The molecule has 176 valence electrons. The number of ketones is 2. The normalized spacial score (nSPS) is 49.0. The van der Waals surface area contributed by atoms with Gasteiger partial charge in [0.2, 0.25) is 5.78 Å². The van der Waals surface area contributed by atoms with Crippen molar-refractivity contribution in [2.24, 2.45) is 28.6 Å².